The molecule has 0 aliphatic carbocycles. The normalized spacial score (nSPS) is 21.2. The number of rotatable bonds is 3. The Balaban J connectivity index is 2.41. The monoisotopic (exact) mass is 264 g/mol. The van der Waals surface area contributed by atoms with E-state index in [9.17, 15) is 15.2 Å². The summed E-state index contributed by atoms with van der Waals surface area (Å²) >= 11 is 0. The van der Waals surface area contributed by atoms with Gasteiger partial charge in [-0.25, -0.2) is 0 Å². The van der Waals surface area contributed by atoms with Crippen LogP contribution in [0.4, 0.5) is 11.4 Å². The lowest BCUT2D eigenvalue weighted by Gasteiger charge is -2.35. The second kappa shape index (κ2) is 5.57. The van der Waals surface area contributed by atoms with Gasteiger partial charge in [-0.1, -0.05) is 6.07 Å². The fourth-order valence-electron chi connectivity index (χ4n) is 2.65. The van der Waals surface area contributed by atoms with E-state index in [0.29, 0.717) is 17.3 Å². The molecule has 1 aromatic carbocycles. The van der Waals surface area contributed by atoms with Crippen LogP contribution in [0.15, 0.2) is 18.2 Å². The summed E-state index contributed by atoms with van der Waals surface area (Å²) in [7, 11) is 0. The quantitative estimate of drug-likeness (QED) is 0.673. The molecule has 2 atom stereocenters. The third-order valence-electron chi connectivity index (χ3n) is 3.79. The smallest absolute Gasteiger partial charge is 0.292 e. The maximum Gasteiger partial charge on any atom is 0.292 e. The van der Waals surface area contributed by atoms with Gasteiger partial charge in [-0.05, 0) is 44.7 Å². The first-order valence-corrected chi connectivity index (χ1v) is 6.73. The topological polar surface area (TPSA) is 66.6 Å². The molecule has 1 unspecified atom stereocenters. The molecule has 1 heterocycles. The van der Waals surface area contributed by atoms with E-state index in [2.05, 4.69) is 11.8 Å². The van der Waals surface area contributed by atoms with Crippen molar-refractivity contribution in [2.75, 3.05) is 11.4 Å². The van der Waals surface area contributed by atoms with Gasteiger partial charge in [-0.3, -0.25) is 10.1 Å². The number of hydrogen-bond donors (Lipinski definition) is 1. The van der Waals surface area contributed by atoms with Crippen molar-refractivity contribution in [1.82, 2.24) is 0 Å². The molecule has 1 aliphatic rings. The van der Waals surface area contributed by atoms with Gasteiger partial charge in [0.05, 0.1) is 11.0 Å². The number of nitro benzene ring substituents is 1. The summed E-state index contributed by atoms with van der Waals surface area (Å²) < 4.78 is 0. The predicted molar refractivity (Wildman–Crippen MR) is 74.4 cm³/mol. The van der Waals surface area contributed by atoms with Crippen molar-refractivity contribution in [3.8, 4) is 0 Å². The van der Waals surface area contributed by atoms with Crippen LogP contribution in [0.1, 0.15) is 44.8 Å². The van der Waals surface area contributed by atoms with E-state index in [1.165, 1.54) is 12.5 Å². The lowest BCUT2D eigenvalue weighted by molar-refractivity contribution is -0.384. The van der Waals surface area contributed by atoms with Gasteiger partial charge in [0.1, 0.15) is 5.69 Å². The van der Waals surface area contributed by atoms with Gasteiger partial charge >= 0.3 is 0 Å². The predicted octanol–water partition coefficient (Wildman–Crippen LogP) is 3.03. The Labute approximate surface area is 113 Å². The van der Waals surface area contributed by atoms with Crippen molar-refractivity contribution in [3.63, 3.8) is 0 Å². The number of hydrogen-bond acceptors (Lipinski definition) is 4. The fourth-order valence-corrected chi connectivity index (χ4v) is 2.65. The molecule has 1 fully saturated rings. The average molecular weight is 264 g/mol. The number of aliphatic hydroxyl groups excluding tert-OH is 1. The number of benzene rings is 1. The number of aliphatic hydroxyl groups is 1. The standard InChI is InChI=1S/C14H20N2O3/c1-10-5-3-4-8-15(10)13-7-6-12(11(2)17)9-14(13)16(18)19/h6-7,9-11,17H,3-5,8H2,1-2H3/t10?,11-/m1/s1. The highest BCUT2D eigenvalue weighted by atomic mass is 16.6. The van der Waals surface area contributed by atoms with Crippen LogP contribution in [0.2, 0.25) is 0 Å². The minimum Gasteiger partial charge on any atom is -0.389 e. The molecule has 1 aliphatic heterocycles. The zero-order valence-electron chi connectivity index (χ0n) is 11.4. The van der Waals surface area contributed by atoms with E-state index in [0.717, 1.165) is 19.4 Å². The Kier molecular flexibility index (Phi) is 4.04. The van der Waals surface area contributed by atoms with Crippen molar-refractivity contribution < 1.29 is 10.0 Å². The summed E-state index contributed by atoms with van der Waals surface area (Å²) in [4.78, 5) is 13.0. The molecule has 2 rings (SSSR count). The molecule has 1 saturated heterocycles. The first-order chi connectivity index (χ1) is 9.00. The molecule has 0 spiro atoms. The van der Waals surface area contributed by atoms with E-state index in [-0.39, 0.29) is 10.6 Å². The molecule has 5 nitrogen and oxygen atoms in total. The summed E-state index contributed by atoms with van der Waals surface area (Å²) in [6, 6.07) is 5.35. The lowest BCUT2D eigenvalue weighted by Crippen LogP contribution is -2.37. The summed E-state index contributed by atoms with van der Waals surface area (Å²) in [6.07, 6.45) is 2.62. The van der Waals surface area contributed by atoms with Crippen LogP contribution in [0.25, 0.3) is 0 Å². The highest BCUT2D eigenvalue weighted by molar-refractivity contribution is 5.65. The van der Waals surface area contributed by atoms with Crippen LogP contribution < -0.4 is 4.90 Å². The maximum absolute atomic E-state index is 11.2. The molecule has 0 amide bonds. The molecule has 5 heteroatoms. The zero-order chi connectivity index (χ0) is 14.0. The summed E-state index contributed by atoms with van der Waals surface area (Å²) in [6.45, 7) is 4.57. The molecular weight excluding hydrogens is 244 g/mol. The molecule has 0 saturated carbocycles. The average Bonchev–Trinajstić information content (AvgIpc) is 2.38. The largest absolute Gasteiger partial charge is 0.389 e. The summed E-state index contributed by atoms with van der Waals surface area (Å²) in [5, 5.41) is 20.8. The van der Waals surface area contributed by atoms with Crippen molar-refractivity contribution >= 4 is 11.4 Å². The Morgan fingerprint density at radius 1 is 1.47 bits per heavy atom. The number of anilines is 1. The van der Waals surface area contributed by atoms with Crippen LogP contribution in [-0.2, 0) is 0 Å². The van der Waals surface area contributed by atoms with E-state index in [1.54, 1.807) is 19.1 Å². The van der Waals surface area contributed by atoms with Crippen LogP contribution in [0.3, 0.4) is 0 Å². The van der Waals surface area contributed by atoms with Crippen LogP contribution in [0.5, 0.6) is 0 Å². The lowest BCUT2D eigenvalue weighted by atomic mass is 10.0. The van der Waals surface area contributed by atoms with E-state index in [1.807, 2.05) is 0 Å². The SMILES string of the molecule is CC1CCCCN1c1ccc([C@@H](C)O)cc1[N+](=O)[O-]. The Morgan fingerprint density at radius 3 is 2.79 bits per heavy atom. The second-order valence-electron chi connectivity index (χ2n) is 5.22. The van der Waals surface area contributed by atoms with Gasteiger partial charge in [0, 0.05) is 18.7 Å². The van der Waals surface area contributed by atoms with Crippen molar-refractivity contribution in [2.24, 2.45) is 0 Å². The molecule has 1 N–H and O–H groups in total. The van der Waals surface area contributed by atoms with E-state index < -0.39 is 6.10 Å². The number of nitro groups is 1. The van der Waals surface area contributed by atoms with Crippen LogP contribution in [0, 0.1) is 10.1 Å². The Morgan fingerprint density at radius 2 is 2.21 bits per heavy atom. The Bertz CT molecular complexity index is 474. The van der Waals surface area contributed by atoms with Gasteiger partial charge in [-0.2, -0.15) is 0 Å². The number of piperidine rings is 1. The maximum atomic E-state index is 11.2. The molecule has 104 valence electrons. The first kappa shape index (κ1) is 13.8. The zero-order valence-corrected chi connectivity index (χ0v) is 11.4. The van der Waals surface area contributed by atoms with Crippen LogP contribution >= 0.6 is 0 Å². The third kappa shape index (κ3) is 2.87. The molecule has 0 aromatic heterocycles. The Hall–Kier alpha value is -1.62. The first-order valence-electron chi connectivity index (χ1n) is 6.73. The van der Waals surface area contributed by atoms with Crippen molar-refractivity contribution in [2.45, 2.75) is 45.3 Å². The summed E-state index contributed by atoms with van der Waals surface area (Å²) in [5.74, 6) is 0. The van der Waals surface area contributed by atoms with E-state index in [4.69, 9.17) is 0 Å². The minimum atomic E-state index is -0.688. The molecule has 0 radical (unpaired) electrons. The molecule has 0 bridgehead atoms. The van der Waals surface area contributed by atoms with E-state index >= 15 is 0 Å². The molecule has 19 heavy (non-hydrogen) atoms. The minimum absolute atomic E-state index is 0.0900. The van der Waals surface area contributed by atoms with Gasteiger partial charge in [0.2, 0.25) is 0 Å². The molecular formula is C14H20N2O3. The number of nitrogens with zero attached hydrogens (tertiary/aromatic N) is 2. The molecule has 1 aromatic rings. The second-order valence-corrected chi connectivity index (χ2v) is 5.22. The van der Waals surface area contributed by atoms with Crippen LogP contribution in [-0.4, -0.2) is 22.6 Å². The highest BCUT2D eigenvalue weighted by Gasteiger charge is 2.26. The van der Waals surface area contributed by atoms with Gasteiger partial charge < -0.3 is 10.0 Å². The van der Waals surface area contributed by atoms with Gasteiger partial charge in [0.15, 0.2) is 0 Å². The highest BCUT2D eigenvalue weighted by Crippen LogP contribution is 2.34. The van der Waals surface area contributed by atoms with Gasteiger partial charge in [0.25, 0.3) is 5.69 Å². The summed E-state index contributed by atoms with van der Waals surface area (Å²) in [5.41, 5.74) is 1.34. The fraction of sp³-hybridized carbons (Fsp3) is 0.571. The van der Waals surface area contributed by atoms with Crippen molar-refractivity contribution in [1.29, 1.82) is 0 Å². The third-order valence-corrected chi connectivity index (χ3v) is 3.79. The van der Waals surface area contributed by atoms with Crippen molar-refractivity contribution in [3.05, 3.63) is 33.9 Å². The van der Waals surface area contributed by atoms with Gasteiger partial charge in [-0.15, -0.1) is 0 Å².